The number of nitro groups is 1. The first-order valence-electron chi connectivity index (χ1n) is 6.91. The van der Waals surface area contributed by atoms with Crippen LogP contribution in [0, 0.1) is 21.4 Å². The molecule has 0 aromatic heterocycles. The van der Waals surface area contributed by atoms with Gasteiger partial charge in [-0.3, -0.25) is 10.1 Å². The standard InChI is InChI=1S/C15H21BrN2O2/c1-15(2,3)12-6-7-17(10-12)14-5-4-13(18(19)20)8-11(14)9-16/h4-5,8,12H,6-7,9-10H2,1-3H3. The Morgan fingerprint density at radius 2 is 2.15 bits per heavy atom. The molecule has 5 heteroatoms. The Balaban J connectivity index is 2.24. The molecular formula is C15H21BrN2O2. The number of halogens is 1. The summed E-state index contributed by atoms with van der Waals surface area (Å²) in [6.45, 7) is 8.90. The van der Waals surface area contributed by atoms with Gasteiger partial charge in [-0.05, 0) is 29.4 Å². The van der Waals surface area contributed by atoms with E-state index in [-0.39, 0.29) is 10.6 Å². The molecule has 1 aromatic rings. The third-order valence-corrected chi connectivity index (χ3v) is 4.78. The van der Waals surface area contributed by atoms with Crippen LogP contribution in [0.3, 0.4) is 0 Å². The molecule has 4 nitrogen and oxygen atoms in total. The minimum Gasteiger partial charge on any atom is -0.371 e. The summed E-state index contributed by atoms with van der Waals surface area (Å²) < 4.78 is 0. The largest absolute Gasteiger partial charge is 0.371 e. The van der Waals surface area contributed by atoms with Crippen LogP contribution in [-0.4, -0.2) is 18.0 Å². The summed E-state index contributed by atoms with van der Waals surface area (Å²) in [5.41, 5.74) is 2.59. The van der Waals surface area contributed by atoms with Crippen molar-refractivity contribution >= 4 is 27.3 Å². The predicted octanol–water partition coefficient (Wildman–Crippen LogP) is 4.36. The van der Waals surface area contributed by atoms with Crippen LogP contribution in [0.5, 0.6) is 0 Å². The van der Waals surface area contributed by atoms with Crippen LogP contribution < -0.4 is 4.90 Å². The molecular weight excluding hydrogens is 320 g/mol. The zero-order valence-electron chi connectivity index (χ0n) is 12.2. The second-order valence-electron chi connectivity index (χ2n) is 6.50. The maximum absolute atomic E-state index is 10.9. The molecule has 0 aliphatic carbocycles. The topological polar surface area (TPSA) is 46.4 Å². The molecule has 0 amide bonds. The van der Waals surface area contributed by atoms with E-state index in [0.717, 1.165) is 24.3 Å². The van der Waals surface area contributed by atoms with Crippen LogP contribution in [0.15, 0.2) is 18.2 Å². The summed E-state index contributed by atoms with van der Waals surface area (Å²) in [7, 11) is 0. The molecule has 1 unspecified atom stereocenters. The van der Waals surface area contributed by atoms with Crippen molar-refractivity contribution in [3.63, 3.8) is 0 Å². The van der Waals surface area contributed by atoms with Crippen LogP contribution in [0.4, 0.5) is 11.4 Å². The lowest BCUT2D eigenvalue weighted by atomic mass is 9.80. The van der Waals surface area contributed by atoms with Crippen molar-refractivity contribution in [3.8, 4) is 0 Å². The maximum Gasteiger partial charge on any atom is 0.269 e. The van der Waals surface area contributed by atoms with Crippen LogP contribution in [0.25, 0.3) is 0 Å². The summed E-state index contributed by atoms with van der Waals surface area (Å²) in [5, 5.41) is 11.5. The van der Waals surface area contributed by atoms with E-state index in [9.17, 15) is 10.1 Å². The number of hydrogen-bond acceptors (Lipinski definition) is 3. The zero-order valence-corrected chi connectivity index (χ0v) is 13.8. The summed E-state index contributed by atoms with van der Waals surface area (Å²) in [4.78, 5) is 12.9. The van der Waals surface area contributed by atoms with E-state index in [2.05, 4.69) is 41.6 Å². The monoisotopic (exact) mass is 340 g/mol. The van der Waals surface area contributed by atoms with E-state index in [1.165, 1.54) is 6.42 Å². The van der Waals surface area contributed by atoms with E-state index in [0.29, 0.717) is 16.7 Å². The number of nitro benzene ring substituents is 1. The molecule has 0 bridgehead atoms. The van der Waals surface area contributed by atoms with Crippen molar-refractivity contribution in [3.05, 3.63) is 33.9 Å². The van der Waals surface area contributed by atoms with Crippen LogP contribution in [-0.2, 0) is 5.33 Å². The zero-order chi connectivity index (χ0) is 14.9. The molecule has 1 aliphatic heterocycles. The van der Waals surface area contributed by atoms with Gasteiger partial charge in [-0.2, -0.15) is 0 Å². The second-order valence-corrected chi connectivity index (χ2v) is 7.06. The van der Waals surface area contributed by atoms with Crippen LogP contribution in [0.1, 0.15) is 32.8 Å². The first kappa shape index (κ1) is 15.3. The van der Waals surface area contributed by atoms with Crippen molar-refractivity contribution < 1.29 is 4.92 Å². The summed E-state index contributed by atoms with van der Waals surface area (Å²) in [5.74, 6) is 0.667. The van der Waals surface area contributed by atoms with Crippen molar-refractivity contribution in [2.24, 2.45) is 11.3 Å². The SMILES string of the molecule is CC(C)(C)C1CCN(c2ccc([N+](=O)[O-])cc2CBr)C1. The highest BCUT2D eigenvalue weighted by molar-refractivity contribution is 9.08. The van der Waals surface area contributed by atoms with Crippen molar-refractivity contribution in [2.75, 3.05) is 18.0 Å². The number of hydrogen-bond donors (Lipinski definition) is 0. The molecule has 0 N–H and O–H groups in total. The van der Waals surface area contributed by atoms with Crippen molar-refractivity contribution in [1.29, 1.82) is 0 Å². The fourth-order valence-electron chi connectivity index (χ4n) is 2.79. The minimum absolute atomic E-state index is 0.162. The second kappa shape index (κ2) is 5.72. The average molecular weight is 341 g/mol. The Hall–Kier alpha value is -1.10. The van der Waals surface area contributed by atoms with Gasteiger partial charge in [-0.25, -0.2) is 0 Å². The van der Waals surface area contributed by atoms with Gasteiger partial charge in [0.2, 0.25) is 0 Å². The molecule has 1 heterocycles. The molecule has 2 rings (SSSR count). The third-order valence-electron chi connectivity index (χ3n) is 4.17. The Bertz CT molecular complexity index is 511. The quantitative estimate of drug-likeness (QED) is 0.466. The van der Waals surface area contributed by atoms with Gasteiger partial charge >= 0.3 is 0 Å². The van der Waals surface area contributed by atoms with Crippen molar-refractivity contribution in [2.45, 2.75) is 32.5 Å². The Morgan fingerprint density at radius 3 is 2.65 bits per heavy atom. The lowest BCUT2D eigenvalue weighted by Gasteiger charge is -2.28. The fourth-order valence-corrected chi connectivity index (χ4v) is 3.24. The number of anilines is 1. The Labute approximate surface area is 128 Å². The smallest absolute Gasteiger partial charge is 0.269 e. The van der Waals surface area contributed by atoms with Crippen LogP contribution >= 0.6 is 15.9 Å². The molecule has 1 atom stereocenters. The van der Waals surface area contributed by atoms with E-state index in [1.54, 1.807) is 12.1 Å². The molecule has 1 aliphatic rings. The highest BCUT2D eigenvalue weighted by atomic mass is 79.9. The molecule has 1 aromatic carbocycles. The predicted molar refractivity (Wildman–Crippen MR) is 85.5 cm³/mol. The molecule has 0 saturated carbocycles. The average Bonchev–Trinajstić information content (AvgIpc) is 2.87. The molecule has 110 valence electrons. The first-order valence-corrected chi connectivity index (χ1v) is 8.03. The van der Waals surface area contributed by atoms with Gasteiger partial charge in [0.25, 0.3) is 5.69 Å². The Morgan fingerprint density at radius 1 is 1.45 bits per heavy atom. The molecule has 1 saturated heterocycles. The van der Waals surface area contributed by atoms with Crippen LogP contribution in [0.2, 0.25) is 0 Å². The van der Waals surface area contributed by atoms with E-state index in [4.69, 9.17) is 0 Å². The number of non-ortho nitro benzene ring substituents is 1. The van der Waals surface area contributed by atoms with E-state index >= 15 is 0 Å². The molecule has 0 spiro atoms. The minimum atomic E-state index is -0.335. The first-order chi connectivity index (χ1) is 9.32. The lowest BCUT2D eigenvalue weighted by Crippen LogP contribution is -2.26. The Kier molecular flexibility index (Phi) is 4.37. The number of rotatable bonds is 3. The van der Waals surface area contributed by atoms with Gasteiger partial charge in [0, 0.05) is 36.2 Å². The number of benzene rings is 1. The van der Waals surface area contributed by atoms with Gasteiger partial charge < -0.3 is 4.90 Å². The summed E-state index contributed by atoms with van der Waals surface area (Å²) in [6.07, 6.45) is 1.18. The number of nitrogens with zero attached hydrogens (tertiary/aromatic N) is 2. The fraction of sp³-hybridized carbons (Fsp3) is 0.600. The highest BCUT2D eigenvalue weighted by Crippen LogP contribution is 2.37. The molecule has 1 fully saturated rings. The lowest BCUT2D eigenvalue weighted by molar-refractivity contribution is -0.384. The maximum atomic E-state index is 10.9. The number of alkyl halides is 1. The summed E-state index contributed by atoms with van der Waals surface area (Å²) >= 11 is 3.44. The van der Waals surface area contributed by atoms with Gasteiger partial charge in [0.15, 0.2) is 0 Å². The molecule has 20 heavy (non-hydrogen) atoms. The highest BCUT2D eigenvalue weighted by Gasteiger charge is 2.32. The van der Waals surface area contributed by atoms with Crippen molar-refractivity contribution in [1.82, 2.24) is 0 Å². The third kappa shape index (κ3) is 3.14. The van der Waals surface area contributed by atoms with E-state index in [1.807, 2.05) is 6.07 Å². The van der Waals surface area contributed by atoms with Gasteiger partial charge in [-0.1, -0.05) is 36.7 Å². The summed E-state index contributed by atoms with van der Waals surface area (Å²) in [6, 6.07) is 5.17. The van der Waals surface area contributed by atoms with Gasteiger partial charge in [0.1, 0.15) is 0 Å². The van der Waals surface area contributed by atoms with Gasteiger partial charge in [-0.15, -0.1) is 0 Å². The van der Waals surface area contributed by atoms with Gasteiger partial charge in [0.05, 0.1) is 4.92 Å². The normalized spacial score (nSPS) is 19.4. The van der Waals surface area contributed by atoms with E-state index < -0.39 is 0 Å². The molecule has 0 radical (unpaired) electrons.